The van der Waals surface area contributed by atoms with Gasteiger partial charge < -0.3 is 14.4 Å². The second-order valence-electron chi connectivity index (χ2n) is 7.20. The van der Waals surface area contributed by atoms with Crippen LogP contribution in [-0.2, 0) is 16.6 Å². The maximum Gasteiger partial charge on any atom is 0.257 e. The molecule has 0 aromatic heterocycles. The molecule has 3 rings (SSSR count). The van der Waals surface area contributed by atoms with Gasteiger partial charge in [0.05, 0.1) is 24.7 Å². The van der Waals surface area contributed by atoms with Gasteiger partial charge in [-0.15, -0.1) is 0 Å². The van der Waals surface area contributed by atoms with E-state index in [-0.39, 0.29) is 22.9 Å². The van der Waals surface area contributed by atoms with Crippen LogP contribution in [0.4, 0.5) is 0 Å². The molecule has 162 valence electrons. The first-order valence-corrected chi connectivity index (χ1v) is 11.5. The summed E-state index contributed by atoms with van der Waals surface area (Å²) in [4.78, 5) is 14.9. The number of amides is 1. The largest absolute Gasteiger partial charge is 0.496 e. The van der Waals surface area contributed by atoms with E-state index in [1.807, 2.05) is 12.1 Å². The number of carbonyl (C=O) groups is 1. The molecule has 2 aromatic carbocycles. The maximum absolute atomic E-state index is 13.1. The van der Waals surface area contributed by atoms with Crippen LogP contribution in [0.2, 0.25) is 0 Å². The van der Waals surface area contributed by atoms with Crippen molar-refractivity contribution in [3.63, 3.8) is 0 Å². The molecule has 1 heterocycles. The smallest absolute Gasteiger partial charge is 0.257 e. The average Bonchev–Trinajstić information content (AvgIpc) is 3.06. The summed E-state index contributed by atoms with van der Waals surface area (Å²) in [6.45, 7) is 1.42. The standard InChI is InChI=1S/C22H28N2O5S/c1-28-20-10-6-5-9-17(20)16-23-30(26,27)18-11-12-21(29-2)19(15-18)22(25)24-13-7-3-4-8-14-24/h5-6,9-12,15,23H,3-4,7-8,13-14,16H2,1-2H3. The van der Waals surface area contributed by atoms with Crippen molar-refractivity contribution in [1.29, 1.82) is 0 Å². The molecule has 1 N–H and O–H groups in total. The van der Waals surface area contributed by atoms with Gasteiger partial charge in [0.2, 0.25) is 10.0 Å². The van der Waals surface area contributed by atoms with Gasteiger partial charge >= 0.3 is 0 Å². The highest BCUT2D eigenvalue weighted by molar-refractivity contribution is 7.89. The Morgan fingerprint density at radius 3 is 2.30 bits per heavy atom. The quantitative estimate of drug-likeness (QED) is 0.726. The number of nitrogens with zero attached hydrogens (tertiary/aromatic N) is 1. The Hall–Kier alpha value is -2.58. The second kappa shape index (κ2) is 9.95. The molecule has 7 nitrogen and oxygen atoms in total. The molecule has 1 amide bonds. The Bertz CT molecular complexity index is 983. The maximum atomic E-state index is 13.1. The lowest BCUT2D eigenvalue weighted by atomic mass is 10.1. The first-order valence-electron chi connectivity index (χ1n) is 10.0. The minimum atomic E-state index is -3.83. The zero-order valence-electron chi connectivity index (χ0n) is 17.4. The van der Waals surface area contributed by atoms with Gasteiger partial charge in [-0.1, -0.05) is 31.0 Å². The van der Waals surface area contributed by atoms with E-state index in [4.69, 9.17) is 9.47 Å². The normalized spacial score (nSPS) is 14.8. The van der Waals surface area contributed by atoms with Crippen LogP contribution in [0.5, 0.6) is 11.5 Å². The SMILES string of the molecule is COc1ccccc1CNS(=O)(=O)c1ccc(OC)c(C(=O)N2CCCCCC2)c1. The van der Waals surface area contributed by atoms with Gasteiger partial charge in [0, 0.05) is 25.2 Å². The number of carbonyl (C=O) groups excluding carboxylic acids is 1. The molecule has 30 heavy (non-hydrogen) atoms. The molecule has 0 bridgehead atoms. The van der Waals surface area contributed by atoms with E-state index in [2.05, 4.69) is 4.72 Å². The van der Waals surface area contributed by atoms with Crippen LogP contribution in [0.1, 0.15) is 41.6 Å². The van der Waals surface area contributed by atoms with Crippen LogP contribution in [-0.4, -0.2) is 46.5 Å². The number of ether oxygens (including phenoxy) is 2. The number of likely N-dealkylation sites (tertiary alicyclic amines) is 1. The molecule has 8 heteroatoms. The highest BCUT2D eigenvalue weighted by atomic mass is 32.2. The van der Waals surface area contributed by atoms with Gasteiger partial charge in [-0.2, -0.15) is 0 Å². The molecule has 0 unspecified atom stereocenters. The molecule has 0 spiro atoms. The van der Waals surface area contributed by atoms with Crippen LogP contribution in [0, 0.1) is 0 Å². The number of sulfonamides is 1. The van der Waals surface area contributed by atoms with Gasteiger partial charge in [0.15, 0.2) is 0 Å². The molecular weight excluding hydrogens is 404 g/mol. The van der Waals surface area contributed by atoms with Gasteiger partial charge in [-0.3, -0.25) is 4.79 Å². The third-order valence-electron chi connectivity index (χ3n) is 5.25. The highest BCUT2D eigenvalue weighted by Gasteiger charge is 2.24. The van der Waals surface area contributed by atoms with Crippen molar-refractivity contribution in [2.24, 2.45) is 0 Å². The van der Waals surface area contributed by atoms with E-state index in [9.17, 15) is 13.2 Å². The van der Waals surface area contributed by atoms with E-state index in [1.165, 1.54) is 32.4 Å². The fraction of sp³-hybridized carbons (Fsp3) is 0.409. The number of rotatable bonds is 7. The second-order valence-corrected chi connectivity index (χ2v) is 8.97. The zero-order chi connectivity index (χ0) is 21.6. The molecule has 0 saturated carbocycles. The van der Waals surface area contributed by atoms with E-state index in [0.29, 0.717) is 24.6 Å². The summed E-state index contributed by atoms with van der Waals surface area (Å²) < 4.78 is 39.0. The van der Waals surface area contributed by atoms with Crippen LogP contribution in [0.15, 0.2) is 47.4 Å². The number of nitrogens with one attached hydrogen (secondary N) is 1. The first-order chi connectivity index (χ1) is 14.5. The molecule has 0 atom stereocenters. The summed E-state index contributed by atoms with van der Waals surface area (Å²) in [6.07, 6.45) is 4.10. The van der Waals surface area contributed by atoms with E-state index < -0.39 is 10.0 Å². The lowest BCUT2D eigenvalue weighted by molar-refractivity contribution is 0.0758. The van der Waals surface area contributed by atoms with Crippen molar-refractivity contribution >= 4 is 15.9 Å². The van der Waals surface area contributed by atoms with Crippen molar-refractivity contribution in [3.8, 4) is 11.5 Å². The van der Waals surface area contributed by atoms with E-state index >= 15 is 0 Å². The molecule has 1 fully saturated rings. The van der Waals surface area contributed by atoms with Gasteiger partial charge in [0.1, 0.15) is 11.5 Å². The van der Waals surface area contributed by atoms with Gasteiger partial charge in [-0.05, 0) is 37.1 Å². The number of para-hydroxylation sites is 1. The topological polar surface area (TPSA) is 84.9 Å². The predicted molar refractivity (Wildman–Crippen MR) is 114 cm³/mol. The molecule has 0 aliphatic carbocycles. The van der Waals surface area contributed by atoms with Gasteiger partial charge in [0.25, 0.3) is 5.91 Å². The third-order valence-corrected chi connectivity index (χ3v) is 6.65. The number of hydrogen-bond donors (Lipinski definition) is 1. The Kier molecular flexibility index (Phi) is 7.33. The molecule has 1 saturated heterocycles. The third kappa shape index (κ3) is 5.12. The number of hydrogen-bond acceptors (Lipinski definition) is 5. The Balaban J connectivity index is 1.84. The van der Waals surface area contributed by atoms with Gasteiger partial charge in [-0.25, -0.2) is 13.1 Å². The summed E-state index contributed by atoms with van der Waals surface area (Å²) >= 11 is 0. The Labute approximate surface area is 178 Å². The summed E-state index contributed by atoms with van der Waals surface area (Å²) in [5.41, 5.74) is 0.984. The van der Waals surface area contributed by atoms with Crippen LogP contribution in [0.3, 0.4) is 0 Å². The van der Waals surface area contributed by atoms with Crippen molar-refractivity contribution < 1.29 is 22.7 Å². The molecular formula is C22H28N2O5S. The first kappa shape index (κ1) is 22.1. The monoisotopic (exact) mass is 432 g/mol. The fourth-order valence-corrected chi connectivity index (χ4v) is 4.60. The summed E-state index contributed by atoms with van der Waals surface area (Å²) in [6, 6.07) is 11.6. The lowest BCUT2D eigenvalue weighted by Gasteiger charge is -2.22. The molecule has 1 aliphatic heterocycles. The number of benzene rings is 2. The average molecular weight is 433 g/mol. The van der Waals surface area contributed by atoms with E-state index in [0.717, 1.165) is 31.2 Å². The van der Waals surface area contributed by atoms with Crippen LogP contribution >= 0.6 is 0 Å². The predicted octanol–water partition coefficient (Wildman–Crippen LogP) is 3.20. The summed E-state index contributed by atoms with van der Waals surface area (Å²) in [5, 5.41) is 0. The fourth-order valence-electron chi connectivity index (χ4n) is 3.57. The minimum Gasteiger partial charge on any atom is -0.496 e. The van der Waals surface area contributed by atoms with Crippen molar-refractivity contribution in [2.75, 3.05) is 27.3 Å². The van der Waals surface area contributed by atoms with Crippen LogP contribution in [0.25, 0.3) is 0 Å². The lowest BCUT2D eigenvalue weighted by Crippen LogP contribution is -2.32. The van der Waals surface area contributed by atoms with E-state index in [1.54, 1.807) is 17.0 Å². The highest BCUT2D eigenvalue weighted by Crippen LogP contribution is 2.26. The number of methoxy groups -OCH3 is 2. The Morgan fingerprint density at radius 1 is 0.967 bits per heavy atom. The summed E-state index contributed by atoms with van der Waals surface area (Å²) in [7, 11) is -0.820. The van der Waals surface area contributed by atoms with Crippen LogP contribution < -0.4 is 14.2 Å². The Morgan fingerprint density at radius 2 is 1.63 bits per heavy atom. The van der Waals surface area contributed by atoms with Crippen molar-refractivity contribution in [2.45, 2.75) is 37.1 Å². The zero-order valence-corrected chi connectivity index (χ0v) is 18.2. The molecule has 1 aliphatic rings. The summed E-state index contributed by atoms with van der Waals surface area (Å²) in [5.74, 6) is 0.774. The molecule has 2 aromatic rings. The molecule has 0 radical (unpaired) electrons. The van der Waals surface area contributed by atoms with Crippen molar-refractivity contribution in [3.05, 3.63) is 53.6 Å². The minimum absolute atomic E-state index is 0.0244. The van der Waals surface area contributed by atoms with Crippen molar-refractivity contribution in [1.82, 2.24) is 9.62 Å².